The third-order valence-corrected chi connectivity index (χ3v) is 3.69. The van der Waals surface area contributed by atoms with Crippen molar-refractivity contribution in [2.75, 3.05) is 12.4 Å². The lowest BCUT2D eigenvalue weighted by Gasteiger charge is -2.06. The lowest BCUT2D eigenvalue weighted by Crippen LogP contribution is -2.33. The molecule has 2 atom stereocenters. The molecule has 1 unspecified atom stereocenters. The van der Waals surface area contributed by atoms with Crippen molar-refractivity contribution in [2.45, 2.75) is 24.4 Å². The van der Waals surface area contributed by atoms with E-state index in [1.165, 1.54) is 11.8 Å². The largest absolute Gasteiger partial charge is 0.480 e. The summed E-state index contributed by atoms with van der Waals surface area (Å²) in [6.07, 6.45) is 2.41. The van der Waals surface area contributed by atoms with Gasteiger partial charge in [-0.2, -0.15) is 0 Å². The number of carboxylic acid groups (broad SMARTS) is 1. The molecule has 0 aromatic carbocycles. The lowest BCUT2D eigenvalue weighted by molar-refractivity contribution is -0.138. The van der Waals surface area contributed by atoms with Crippen LogP contribution in [0.3, 0.4) is 0 Å². The van der Waals surface area contributed by atoms with E-state index in [4.69, 9.17) is 10.2 Å². The Morgan fingerprint density at radius 3 is 3.18 bits per heavy atom. The molecule has 0 saturated carbocycles. The summed E-state index contributed by atoms with van der Waals surface area (Å²) in [5.74, 6) is -0.309. The number of aromatic nitrogens is 3. The highest BCUT2D eigenvalue weighted by molar-refractivity contribution is 7.99. The van der Waals surface area contributed by atoms with Crippen LogP contribution in [0.15, 0.2) is 6.20 Å². The molecule has 1 aromatic rings. The van der Waals surface area contributed by atoms with E-state index >= 15 is 0 Å². The Labute approximate surface area is 102 Å². The van der Waals surface area contributed by atoms with E-state index in [2.05, 4.69) is 15.6 Å². The van der Waals surface area contributed by atoms with Gasteiger partial charge in [0.25, 0.3) is 0 Å². The van der Waals surface area contributed by atoms with E-state index in [1.807, 2.05) is 0 Å². The number of hydrogen-bond donors (Lipinski definition) is 3. The number of aliphatic hydroxyl groups is 1. The SMILES string of the molecule is O=C(O)[C@@H]1CSC(c2cn(CCCO)nn2)N1. The van der Waals surface area contributed by atoms with Crippen LogP contribution in [0, 0.1) is 0 Å². The first-order valence-electron chi connectivity index (χ1n) is 5.32. The molecule has 1 aliphatic rings. The number of rotatable bonds is 5. The molecule has 2 heterocycles. The van der Waals surface area contributed by atoms with Crippen LogP contribution in [-0.2, 0) is 11.3 Å². The van der Waals surface area contributed by atoms with Crippen LogP contribution in [0.1, 0.15) is 17.5 Å². The van der Waals surface area contributed by atoms with Crippen molar-refractivity contribution in [3.05, 3.63) is 11.9 Å². The molecule has 0 radical (unpaired) electrons. The Bertz CT molecular complexity index is 397. The Kier molecular flexibility index (Phi) is 3.97. The fourth-order valence-corrected chi connectivity index (χ4v) is 2.72. The van der Waals surface area contributed by atoms with Crippen LogP contribution >= 0.6 is 11.8 Å². The van der Waals surface area contributed by atoms with Crippen LogP contribution in [0.4, 0.5) is 0 Å². The topological polar surface area (TPSA) is 100 Å². The fraction of sp³-hybridized carbons (Fsp3) is 0.667. The highest BCUT2D eigenvalue weighted by atomic mass is 32.2. The van der Waals surface area contributed by atoms with E-state index in [0.717, 1.165) is 5.69 Å². The number of aliphatic carboxylic acids is 1. The van der Waals surface area contributed by atoms with Crippen molar-refractivity contribution in [1.82, 2.24) is 20.3 Å². The molecule has 2 rings (SSSR count). The molecule has 1 fully saturated rings. The Morgan fingerprint density at radius 1 is 1.71 bits per heavy atom. The molecule has 3 N–H and O–H groups in total. The molecule has 0 spiro atoms. The van der Waals surface area contributed by atoms with E-state index < -0.39 is 12.0 Å². The molecule has 1 saturated heterocycles. The van der Waals surface area contributed by atoms with Crippen LogP contribution in [0.2, 0.25) is 0 Å². The summed E-state index contributed by atoms with van der Waals surface area (Å²) in [5.41, 5.74) is 0.733. The number of carboxylic acids is 1. The molecule has 0 amide bonds. The van der Waals surface area contributed by atoms with Crippen molar-refractivity contribution in [3.8, 4) is 0 Å². The van der Waals surface area contributed by atoms with Crippen LogP contribution < -0.4 is 5.32 Å². The maximum atomic E-state index is 10.8. The molecular weight excluding hydrogens is 244 g/mol. The second-order valence-electron chi connectivity index (χ2n) is 3.75. The van der Waals surface area contributed by atoms with Gasteiger partial charge in [-0.25, -0.2) is 0 Å². The second-order valence-corrected chi connectivity index (χ2v) is 4.89. The first kappa shape index (κ1) is 12.3. The van der Waals surface area contributed by atoms with Crippen molar-refractivity contribution in [2.24, 2.45) is 0 Å². The monoisotopic (exact) mass is 258 g/mol. The van der Waals surface area contributed by atoms with E-state index in [9.17, 15) is 4.79 Å². The van der Waals surface area contributed by atoms with Gasteiger partial charge in [0.1, 0.15) is 17.1 Å². The van der Waals surface area contributed by atoms with Crippen molar-refractivity contribution >= 4 is 17.7 Å². The van der Waals surface area contributed by atoms with Crippen molar-refractivity contribution in [3.63, 3.8) is 0 Å². The number of carbonyl (C=O) groups is 1. The zero-order chi connectivity index (χ0) is 12.3. The summed E-state index contributed by atoms with van der Waals surface area (Å²) < 4.78 is 1.65. The summed E-state index contributed by atoms with van der Waals surface area (Å²) in [4.78, 5) is 10.8. The van der Waals surface area contributed by atoms with Gasteiger partial charge in [-0.15, -0.1) is 16.9 Å². The fourth-order valence-electron chi connectivity index (χ4n) is 1.56. The predicted octanol–water partition coefficient (Wildman–Crippen LogP) is -0.551. The molecule has 17 heavy (non-hydrogen) atoms. The highest BCUT2D eigenvalue weighted by Crippen LogP contribution is 2.31. The number of aryl methyl sites for hydroxylation is 1. The zero-order valence-corrected chi connectivity index (χ0v) is 9.93. The number of thioether (sulfide) groups is 1. The summed E-state index contributed by atoms with van der Waals surface area (Å²) in [7, 11) is 0. The summed E-state index contributed by atoms with van der Waals surface area (Å²) in [5, 5.41) is 28.3. The minimum Gasteiger partial charge on any atom is -0.480 e. The van der Waals surface area contributed by atoms with Crippen LogP contribution in [0.5, 0.6) is 0 Å². The maximum absolute atomic E-state index is 10.8. The Balaban J connectivity index is 1.94. The molecule has 0 bridgehead atoms. The number of hydrogen-bond acceptors (Lipinski definition) is 6. The minimum absolute atomic E-state index is 0.112. The van der Waals surface area contributed by atoms with Gasteiger partial charge in [0.05, 0.1) is 6.20 Å². The number of nitrogens with zero attached hydrogens (tertiary/aromatic N) is 3. The van der Waals surface area contributed by atoms with Crippen LogP contribution in [-0.4, -0.2) is 49.6 Å². The molecule has 0 aliphatic carbocycles. The minimum atomic E-state index is -0.840. The third kappa shape index (κ3) is 2.96. The molecule has 8 heteroatoms. The second kappa shape index (κ2) is 5.48. The van der Waals surface area contributed by atoms with Crippen LogP contribution in [0.25, 0.3) is 0 Å². The van der Waals surface area contributed by atoms with E-state index in [0.29, 0.717) is 18.7 Å². The zero-order valence-electron chi connectivity index (χ0n) is 9.11. The average Bonchev–Trinajstić information content (AvgIpc) is 2.94. The van der Waals surface area contributed by atoms with E-state index in [-0.39, 0.29) is 12.0 Å². The standard InChI is InChI=1S/C9H14N4O3S/c14-3-1-2-13-4-6(11-12-13)8-10-7(5-17-8)9(15)16/h4,7-8,10,14H,1-3,5H2,(H,15,16)/t7-,8?/m0/s1. The highest BCUT2D eigenvalue weighted by Gasteiger charge is 2.31. The van der Waals surface area contributed by atoms with Gasteiger partial charge >= 0.3 is 5.97 Å². The first-order chi connectivity index (χ1) is 8.20. The Hall–Kier alpha value is -1.12. The van der Waals surface area contributed by atoms with Gasteiger partial charge in [0.2, 0.25) is 0 Å². The van der Waals surface area contributed by atoms with Gasteiger partial charge in [0.15, 0.2) is 0 Å². The molecule has 94 valence electrons. The summed E-state index contributed by atoms with van der Waals surface area (Å²) >= 11 is 1.51. The maximum Gasteiger partial charge on any atom is 0.321 e. The quantitative estimate of drug-likeness (QED) is 0.651. The Morgan fingerprint density at radius 2 is 2.53 bits per heavy atom. The van der Waals surface area contributed by atoms with Gasteiger partial charge < -0.3 is 10.2 Å². The van der Waals surface area contributed by atoms with Gasteiger partial charge in [0, 0.05) is 18.9 Å². The summed E-state index contributed by atoms with van der Waals surface area (Å²) in [6.45, 7) is 0.732. The van der Waals surface area contributed by atoms with Gasteiger partial charge in [-0.05, 0) is 6.42 Å². The normalized spacial score (nSPS) is 24.1. The third-order valence-electron chi connectivity index (χ3n) is 2.45. The summed E-state index contributed by atoms with van der Waals surface area (Å²) in [6, 6.07) is -0.521. The smallest absolute Gasteiger partial charge is 0.321 e. The van der Waals surface area contributed by atoms with E-state index in [1.54, 1.807) is 10.9 Å². The molecule has 1 aromatic heterocycles. The molecular formula is C9H14N4O3S. The average molecular weight is 258 g/mol. The first-order valence-corrected chi connectivity index (χ1v) is 6.37. The lowest BCUT2D eigenvalue weighted by atomic mass is 10.3. The van der Waals surface area contributed by atoms with Gasteiger partial charge in [-0.1, -0.05) is 5.21 Å². The van der Waals surface area contributed by atoms with Crippen molar-refractivity contribution in [1.29, 1.82) is 0 Å². The predicted molar refractivity (Wildman–Crippen MR) is 61.5 cm³/mol. The number of nitrogens with one attached hydrogen (secondary N) is 1. The van der Waals surface area contributed by atoms with Crippen molar-refractivity contribution < 1.29 is 15.0 Å². The molecule has 1 aliphatic heterocycles. The number of aliphatic hydroxyl groups excluding tert-OH is 1. The van der Waals surface area contributed by atoms with Gasteiger partial charge in [-0.3, -0.25) is 14.8 Å². The molecule has 7 nitrogen and oxygen atoms in total.